The number of anilines is 1. The molecule has 0 spiro atoms. The van der Waals surface area contributed by atoms with E-state index < -0.39 is 0 Å². The van der Waals surface area contributed by atoms with Crippen LogP contribution in [0.2, 0.25) is 0 Å². The van der Waals surface area contributed by atoms with Gasteiger partial charge in [0.15, 0.2) is 0 Å². The van der Waals surface area contributed by atoms with Crippen LogP contribution in [0.3, 0.4) is 0 Å². The topological polar surface area (TPSA) is 35.6 Å². The second-order valence-corrected chi connectivity index (χ2v) is 6.04. The lowest BCUT2D eigenvalue weighted by atomic mass is 10.1. The SMILES string of the molecule is CCc1ccccc1N1CCN(C(=O)NCC(C)C)CC1. The normalized spacial score (nSPS) is 15.4. The summed E-state index contributed by atoms with van der Waals surface area (Å²) in [5.41, 5.74) is 2.71. The molecule has 1 N–H and O–H groups in total. The van der Waals surface area contributed by atoms with Crippen LogP contribution in [0.4, 0.5) is 10.5 Å². The molecule has 4 heteroatoms. The van der Waals surface area contributed by atoms with E-state index in [1.807, 2.05) is 4.90 Å². The maximum absolute atomic E-state index is 12.1. The van der Waals surface area contributed by atoms with E-state index in [0.717, 1.165) is 39.1 Å². The highest BCUT2D eigenvalue weighted by molar-refractivity contribution is 5.74. The van der Waals surface area contributed by atoms with Gasteiger partial charge in [0.05, 0.1) is 0 Å². The smallest absolute Gasteiger partial charge is 0.317 e. The Hall–Kier alpha value is -1.71. The zero-order valence-electron chi connectivity index (χ0n) is 13.4. The van der Waals surface area contributed by atoms with E-state index in [2.05, 4.69) is 55.3 Å². The Kier molecular flexibility index (Phi) is 5.48. The summed E-state index contributed by atoms with van der Waals surface area (Å²) < 4.78 is 0. The number of urea groups is 1. The molecular formula is C17H27N3O. The molecule has 0 radical (unpaired) electrons. The molecule has 4 nitrogen and oxygen atoms in total. The number of nitrogens with zero attached hydrogens (tertiary/aromatic N) is 2. The van der Waals surface area contributed by atoms with Gasteiger partial charge in [-0.1, -0.05) is 39.0 Å². The summed E-state index contributed by atoms with van der Waals surface area (Å²) in [7, 11) is 0. The molecular weight excluding hydrogens is 262 g/mol. The average Bonchev–Trinajstić information content (AvgIpc) is 2.52. The van der Waals surface area contributed by atoms with Gasteiger partial charge < -0.3 is 15.1 Å². The third-order valence-corrected chi connectivity index (χ3v) is 3.94. The van der Waals surface area contributed by atoms with Crippen LogP contribution in [0.5, 0.6) is 0 Å². The van der Waals surface area contributed by atoms with Gasteiger partial charge in [0, 0.05) is 38.4 Å². The molecule has 0 bridgehead atoms. The van der Waals surface area contributed by atoms with Crippen molar-refractivity contribution in [1.29, 1.82) is 0 Å². The average molecular weight is 289 g/mol. The first kappa shape index (κ1) is 15.7. The number of carbonyl (C=O) groups excluding carboxylic acids is 1. The number of hydrogen-bond acceptors (Lipinski definition) is 2. The van der Waals surface area contributed by atoms with Crippen LogP contribution in [0.25, 0.3) is 0 Å². The van der Waals surface area contributed by atoms with Crippen molar-refractivity contribution in [1.82, 2.24) is 10.2 Å². The highest BCUT2D eigenvalue weighted by Crippen LogP contribution is 2.22. The number of amides is 2. The van der Waals surface area contributed by atoms with Gasteiger partial charge in [0.1, 0.15) is 0 Å². The zero-order valence-corrected chi connectivity index (χ0v) is 13.4. The number of para-hydroxylation sites is 1. The van der Waals surface area contributed by atoms with Gasteiger partial charge in [-0.25, -0.2) is 4.79 Å². The molecule has 1 aromatic rings. The van der Waals surface area contributed by atoms with Crippen molar-refractivity contribution < 1.29 is 4.79 Å². The standard InChI is InChI=1S/C17H27N3O/c1-4-15-7-5-6-8-16(15)19-9-11-20(12-10-19)17(21)18-13-14(2)3/h5-8,14H,4,9-13H2,1-3H3,(H,18,21). The molecule has 21 heavy (non-hydrogen) atoms. The van der Waals surface area contributed by atoms with Crippen LogP contribution in [-0.4, -0.2) is 43.7 Å². The number of piperazine rings is 1. The Balaban J connectivity index is 1.89. The van der Waals surface area contributed by atoms with Crippen molar-refractivity contribution in [2.45, 2.75) is 27.2 Å². The monoisotopic (exact) mass is 289 g/mol. The fourth-order valence-corrected chi connectivity index (χ4v) is 2.67. The predicted octanol–water partition coefficient (Wildman–Crippen LogP) is 2.74. The summed E-state index contributed by atoms with van der Waals surface area (Å²) in [6, 6.07) is 8.64. The third kappa shape index (κ3) is 4.13. The highest BCUT2D eigenvalue weighted by atomic mass is 16.2. The molecule has 2 rings (SSSR count). The number of hydrogen-bond donors (Lipinski definition) is 1. The second kappa shape index (κ2) is 7.34. The number of rotatable bonds is 4. The van der Waals surface area contributed by atoms with E-state index in [0.29, 0.717) is 5.92 Å². The maximum Gasteiger partial charge on any atom is 0.317 e. The molecule has 1 fully saturated rings. The minimum absolute atomic E-state index is 0.0760. The lowest BCUT2D eigenvalue weighted by Gasteiger charge is -2.37. The van der Waals surface area contributed by atoms with E-state index in [-0.39, 0.29) is 6.03 Å². The molecule has 116 valence electrons. The molecule has 1 heterocycles. The number of carbonyl (C=O) groups is 1. The molecule has 1 aliphatic heterocycles. The quantitative estimate of drug-likeness (QED) is 0.925. The third-order valence-electron chi connectivity index (χ3n) is 3.94. The molecule has 0 aromatic heterocycles. The predicted molar refractivity (Wildman–Crippen MR) is 87.8 cm³/mol. The van der Waals surface area contributed by atoms with Crippen LogP contribution in [0, 0.1) is 5.92 Å². The van der Waals surface area contributed by atoms with E-state index >= 15 is 0 Å². The molecule has 1 aliphatic rings. The summed E-state index contributed by atoms with van der Waals surface area (Å²) in [6.07, 6.45) is 1.05. The maximum atomic E-state index is 12.1. The minimum Gasteiger partial charge on any atom is -0.368 e. The summed E-state index contributed by atoms with van der Waals surface area (Å²) in [6.45, 7) is 10.6. The number of aryl methyl sites for hydroxylation is 1. The zero-order chi connectivity index (χ0) is 15.2. The summed E-state index contributed by atoms with van der Waals surface area (Å²) in [5, 5.41) is 3.00. The van der Waals surface area contributed by atoms with Gasteiger partial charge in [-0.2, -0.15) is 0 Å². The van der Waals surface area contributed by atoms with E-state index in [1.165, 1.54) is 11.3 Å². The fraction of sp³-hybridized carbons (Fsp3) is 0.588. The molecule has 2 amide bonds. The number of benzene rings is 1. The molecule has 0 unspecified atom stereocenters. The van der Waals surface area contributed by atoms with Gasteiger partial charge >= 0.3 is 6.03 Å². The minimum atomic E-state index is 0.0760. The summed E-state index contributed by atoms with van der Waals surface area (Å²) >= 11 is 0. The van der Waals surface area contributed by atoms with E-state index in [4.69, 9.17) is 0 Å². The Morgan fingerprint density at radius 2 is 1.86 bits per heavy atom. The van der Waals surface area contributed by atoms with Crippen LogP contribution in [0.15, 0.2) is 24.3 Å². The Morgan fingerprint density at radius 3 is 2.48 bits per heavy atom. The van der Waals surface area contributed by atoms with E-state index in [9.17, 15) is 4.79 Å². The lowest BCUT2D eigenvalue weighted by molar-refractivity contribution is 0.193. The van der Waals surface area contributed by atoms with Gasteiger partial charge in [0.25, 0.3) is 0 Å². The highest BCUT2D eigenvalue weighted by Gasteiger charge is 2.22. The first-order chi connectivity index (χ1) is 10.1. The fourth-order valence-electron chi connectivity index (χ4n) is 2.67. The molecule has 0 saturated carbocycles. The Morgan fingerprint density at radius 1 is 1.19 bits per heavy atom. The molecule has 0 atom stereocenters. The van der Waals surface area contributed by atoms with Crippen LogP contribution >= 0.6 is 0 Å². The second-order valence-electron chi connectivity index (χ2n) is 6.04. The van der Waals surface area contributed by atoms with Gasteiger partial charge in [0.2, 0.25) is 0 Å². The van der Waals surface area contributed by atoms with Crippen molar-refractivity contribution >= 4 is 11.7 Å². The lowest BCUT2D eigenvalue weighted by Crippen LogP contribution is -2.52. The molecule has 1 saturated heterocycles. The molecule has 0 aliphatic carbocycles. The van der Waals surface area contributed by atoms with E-state index in [1.54, 1.807) is 0 Å². The van der Waals surface area contributed by atoms with Crippen molar-refractivity contribution in [3.8, 4) is 0 Å². The summed E-state index contributed by atoms with van der Waals surface area (Å²) in [5.74, 6) is 0.492. The Bertz CT molecular complexity index is 465. The first-order valence-corrected chi connectivity index (χ1v) is 7.97. The van der Waals surface area contributed by atoms with Crippen molar-refractivity contribution in [3.63, 3.8) is 0 Å². The van der Waals surface area contributed by atoms with Crippen LogP contribution in [-0.2, 0) is 6.42 Å². The number of nitrogens with one attached hydrogen (secondary N) is 1. The molecule has 1 aromatic carbocycles. The van der Waals surface area contributed by atoms with Crippen molar-refractivity contribution in [3.05, 3.63) is 29.8 Å². The largest absolute Gasteiger partial charge is 0.368 e. The van der Waals surface area contributed by atoms with Gasteiger partial charge in [-0.3, -0.25) is 0 Å². The van der Waals surface area contributed by atoms with Crippen molar-refractivity contribution in [2.75, 3.05) is 37.6 Å². The van der Waals surface area contributed by atoms with Crippen molar-refractivity contribution in [2.24, 2.45) is 5.92 Å². The Labute approximate surface area is 128 Å². The van der Waals surface area contributed by atoms with Gasteiger partial charge in [-0.05, 0) is 24.0 Å². The van der Waals surface area contributed by atoms with Crippen LogP contribution in [0.1, 0.15) is 26.3 Å². The summed E-state index contributed by atoms with van der Waals surface area (Å²) in [4.78, 5) is 16.4. The van der Waals surface area contributed by atoms with Crippen LogP contribution < -0.4 is 10.2 Å². The van der Waals surface area contributed by atoms with Gasteiger partial charge in [-0.15, -0.1) is 0 Å². The first-order valence-electron chi connectivity index (χ1n) is 7.97.